The van der Waals surface area contributed by atoms with Crippen LogP contribution >= 0.6 is 0 Å². The molecule has 0 unspecified atom stereocenters. The van der Waals surface area contributed by atoms with E-state index in [-0.39, 0.29) is 5.82 Å². The summed E-state index contributed by atoms with van der Waals surface area (Å²) in [7, 11) is 0. The zero-order valence-corrected chi connectivity index (χ0v) is 9.75. The van der Waals surface area contributed by atoms with E-state index in [9.17, 15) is 4.39 Å². The van der Waals surface area contributed by atoms with Crippen molar-refractivity contribution in [1.29, 1.82) is 0 Å². The van der Waals surface area contributed by atoms with E-state index in [0.717, 1.165) is 31.6 Å². The molecule has 88 valence electrons. The van der Waals surface area contributed by atoms with Gasteiger partial charge in [-0.3, -0.25) is 4.90 Å². The number of hydrogen-bond donors (Lipinski definition) is 1. The number of piperidine rings is 1. The van der Waals surface area contributed by atoms with Crippen LogP contribution in [-0.4, -0.2) is 24.0 Å². The van der Waals surface area contributed by atoms with Gasteiger partial charge in [0.2, 0.25) is 0 Å². The van der Waals surface area contributed by atoms with Crippen LogP contribution in [0.2, 0.25) is 0 Å². The lowest BCUT2D eigenvalue weighted by Gasteiger charge is -2.30. The summed E-state index contributed by atoms with van der Waals surface area (Å²) in [4.78, 5) is 2.35. The standard InChI is InChI=1S/C13H19FN2/c1-10-7-11(4-5-13(10)14)8-16-6-2-3-12(15)9-16/h4-5,7,12H,2-3,6,8-9,15H2,1H3/t12-/m0/s1. The molecule has 16 heavy (non-hydrogen) atoms. The Hall–Kier alpha value is -0.930. The van der Waals surface area contributed by atoms with Gasteiger partial charge >= 0.3 is 0 Å². The summed E-state index contributed by atoms with van der Waals surface area (Å²) in [5, 5.41) is 0. The van der Waals surface area contributed by atoms with Crippen molar-refractivity contribution in [2.24, 2.45) is 5.73 Å². The quantitative estimate of drug-likeness (QED) is 0.830. The fraction of sp³-hybridized carbons (Fsp3) is 0.538. The highest BCUT2D eigenvalue weighted by Crippen LogP contribution is 2.15. The molecule has 0 amide bonds. The summed E-state index contributed by atoms with van der Waals surface area (Å²) in [5.41, 5.74) is 7.83. The van der Waals surface area contributed by atoms with Gasteiger partial charge in [0, 0.05) is 19.1 Å². The molecule has 1 saturated heterocycles. The van der Waals surface area contributed by atoms with Gasteiger partial charge < -0.3 is 5.73 Å². The number of nitrogens with zero attached hydrogens (tertiary/aromatic N) is 1. The Morgan fingerprint density at radius 3 is 3.00 bits per heavy atom. The molecule has 1 aliphatic heterocycles. The van der Waals surface area contributed by atoms with E-state index in [1.807, 2.05) is 12.1 Å². The van der Waals surface area contributed by atoms with E-state index in [2.05, 4.69) is 4.90 Å². The smallest absolute Gasteiger partial charge is 0.126 e. The Balaban J connectivity index is 2.00. The number of nitrogens with two attached hydrogens (primary N) is 1. The second kappa shape index (κ2) is 4.93. The third-order valence-corrected chi connectivity index (χ3v) is 3.17. The highest BCUT2D eigenvalue weighted by Gasteiger charge is 2.16. The lowest BCUT2D eigenvalue weighted by molar-refractivity contribution is 0.201. The molecule has 0 aromatic heterocycles. The molecule has 0 bridgehead atoms. The molecule has 2 nitrogen and oxygen atoms in total. The largest absolute Gasteiger partial charge is 0.327 e. The molecular weight excluding hydrogens is 203 g/mol. The Kier molecular flexibility index (Phi) is 3.56. The van der Waals surface area contributed by atoms with Gasteiger partial charge in [-0.1, -0.05) is 12.1 Å². The van der Waals surface area contributed by atoms with Crippen LogP contribution in [0.4, 0.5) is 4.39 Å². The molecule has 0 saturated carbocycles. The van der Waals surface area contributed by atoms with Crippen molar-refractivity contribution < 1.29 is 4.39 Å². The number of benzene rings is 1. The van der Waals surface area contributed by atoms with Crippen molar-refractivity contribution in [1.82, 2.24) is 4.90 Å². The van der Waals surface area contributed by atoms with Crippen LogP contribution in [0.5, 0.6) is 0 Å². The number of rotatable bonds is 2. The van der Waals surface area contributed by atoms with Crippen molar-refractivity contribution in [3.63, 3.8) is 0 Å². The molecule has 0 spiro atoms. The molecule has 1 aromatic carbocycles. The van der Waals surface area contributed by atoms with Gasteiger partial charge in [0.1, 0.15) is 5.82 Å². The predicted molar refractivity (Wildman–Crippen MR) is 63.6 cm³/mol. The van der Waals surface area contributed by atoms with E-state index in [1.54, 1.807) is 13.0 Å². The Labute approximate surface area is 96.2 Å². The molecule has 3 heteroatoms. The summed E-state index contributed by atoms with van der Waals surface area (Å²) in [6.45, 7) is 4.75. The summed E-state index contributed by atoms with van der Waals surface area (Å²) in [6, 6.07) is 5.64. The summed E-state index contributed by atoms with van der Waals surface area (Å²) >= 11 is 0. The molecule has 1 aliphatic rings. The molecule has 1 aromatic rings. The van der Waals surface area contributed by atoms with E-state index in [1.165, 1.54) is 12.0 Å². The molecular formula is C13H19FN2. The molecule has 1 fully saturated rings. The Morgan fingerprint density at radius 2 is 2.31 bits per heavy atom. The maximum absolute atomic E-state index is 13.1. The number of halogens is 1. The van der Waals surface area contributed by atoms with Crippen molar-refractivity contribution in [3.05, 3.63) is 35.1 Å². The lowest BCUT2D eigenvalue weighted by Crippen LogP contribution is -2.42. The molecule has 2 rings (SSSR count). The monoisotopic (exact) mass is 222 g/mol. The third-order valence-electron chi connectivity index (χ3n) is 3.17. The SMILES string of the molecule is Cc1cc(CN2CCC[C@H](N)C2)ccc1F. The van der Waals surface area contributed by atoms with Gasteiger partial charge in [-0.05, 0) is 43.5 Å². The zero-order valence-electron chi connectivity index (χ0n) is 9.75. The van der Waals surface area contributed by atoms with Crippen molar-refractivity contribution >= 4 is 0 Å². The summed E-state index contributed by atoms with van der Waals surface area (Å²) in [6.07, 6.45) is 2.29. The summed E-state index contributed by atoms with van der Waals surface area (Å²) in [5.74, 6) is -0.126. The first kappa shape index (κ1) is 11.6. The van der Waals surface area contributed by atoms with E-state index in [0.29, 0.717) is 6.04 Å². The number of likely N-dealkylation sites (tertiary alicyclic amines) is 1. The second-order valence-electron chi connectivity index (χ2n) is 4.72. The van der Waals surface area contributed by atoms with Crippen LogP contribution in [-0.2, 0) is 6.54 Å². The van der Waals surface area contributed by atoms with Crippen LogP contribution in [0.25, 0.3) is 0 Å². The molecule has 2 N–H and O–H groups in total. The van der Waals surface area contributed by atoms with Gasteiger partial charge in [0.05, 0.1) is 0 Å². The first-order valence-corrected chi connectivity index (χ1v) is 5.88. The number of aryl methyl sites for hydroxylation is 1. The van der Waals surface area contributed by atoms with Gasteiger partial charge in [0.15, 0.2) is 0 Å². The van der Waals surface area contributed by atoms with Gasteiger partial charge in [-0.15, -0.1) is 0 Å². The minimum atomic E-state index is -0.126. The maximum atomic E-state index is 13.1. The molecule has 1 heterocycles. The van der Waals surface area contributed by atoms with Crippen molar-refractivity contribution in [2.45, 2.75) is 32.4 Å². The van der Waals surface area contributed by atoms with E-state index < -0.39 is 0 Å². The average Bonchev–Trinajstić information content (AvgIpc) is 2.24. The van der Waals surface area contributed by atoms with E-state index >= 15 is 0 Å². The topological polar surface area (TPSA) is 29.3 Å². The molecule has 0 radical (unpaired) electrons. The highest BCUT2D eigenvalue weighted by atomic mass is 19.1. The summed E-state index contributed by atoms with van der Waals surface area (Å²) < 4.78 is 13.1. The Bertz CT molecular complexity index is 365. The fourth-order valence-corrected chi connectivity index (χ4v) is 2.30. The Morgan fingerprint density at radius 1 is 1.50 bits per heavy atom. The van der Waals surface area contributed by atoms with Gasteiger partial charge in [-0.2, -0.15) is 0 Å². The van der Waals surface area contributed by atoms with Gasteiger partial charge in [0.25, 0.3) is 0 Å². The minimum absolute atomic E-state index is 0.126. The first-order valence-electron chi connectivity index (χ1n) is 5.88. The second-order valence-corrected chi connectivity index (χ2v) is 4.72. The lowest BCUT2D eigenvalue weighted by atomic mass is 10.1. The third kappa shape index (κ3) is 2.80. The number of hydrogen-bond acceptors (Lipinski definition) is 2. The predicted octanol–water partition coefficient (Wildman–Crippen LogP) is 2.06. The minimum Gasteiger partial charge on any atom is -0.327 e. The first-order chi connectivity index (χ1) is 7.65. The van der Waals surface area contributed by atoms with Crippen molar-refractivity contribution in [3.8, 4) is 0 Å². The zero-order chi connectivity index (χ0) is 11.5. The van der Waals surface area contributed by atoms with Crippen LogP contribution in [0, 0.1) is 12.7 Å². The van der Waals surface area contributed by atoms with Crippen LogP contribution < -0.4 is 5.73 Å². The van der Waals surface area contributed by atoms with Gasteiger partial charge in [-0.25, -0.2) is 4.39 Å². The maximum Gasteiger partial charge on any atom is 0.126 e. The fourth-order valence-electron chi connectivity index (χ4n) is 2.30. The molecule has 1 atom stereocenters. The van der Waals surface area contributed by atoms with Crippen LogP contribution in [0.15, 0.2) is 18.2 Å². The normalized spacial score (nSPS) is 22.3. The van der Waals surface area contributed by atoms with Crippen LogP contribution in [0.1, 0.15) is 24.0 Å². The average molecular weight is 222 g/mol. The highest BCUT2D eigenvalue weighted by molar-refractivity contribution is 5.23. The molecule has 0 aliphatic carbocycles. The van der Waals surface area contributed by atoms with Crippen LogP contribution in [0.3, 0.4) is 0 Å². The van der Waals surface area contributed by atoms with E-state index in [4.69, 9.17) is 5.73 Å². The van der Waals surface area contributed by atoms with Crippen molar-refractivity contribution in [2.75, 3.05) is 13.1 Å².